The molecule has 0 heterocycles. The summed E-state index contributed by atoms with van der Waals surface area (Å²) in [5.74, 6) is -0.324. The van der Waals surface area contributed by atoms with Crippen LogP contribution < -0.4 is 5.06 Å². The number of nitrogens with zero attached hydrogens (tertiary/aromatic N) is 1. The van der Waals surface area contributed by atoms with Crippen LogP contribution in [0, 0.1) is 0 Å². The summed E-state index contributed by atoms with van der Waals surface area (Å²) in [5, 5.41) is 11.1. The van der Waals surface area contributed by atoms with Crippen molar-refractivity contribution in [2.24, 2.45) is 0 Å². The summed E-state index contributed by atoms with van der Waals surface area (Å²) >= 11 is 11.6. The zero-order valence-electron chi connectivity index (χ0n) is 11.0. The largest absolute Gasteiger partial charge is 0.281 e. The fraction of sp³-hybridized carbons (Fsp3) is 0.500. The predicted molar refractivity (Wildman–Crippen MR) is 79.1 cm³/mol. The molecule has 0 aliphatic heterocycles. The number of anilines is 1. The second-order valence-electron chi connectivity index (χ2n) is 4.47. The van der Waals surface area contributed by atoms with Crippen molar-refractivity contribution >= 4 is 34.8 Å². The van der Waals surface area contributed by atoms with Gasteiger partial charge in [-0.25, -0.2) is 0 Å². The van der Waals surface area contributed by atoms with Gasteiger partial charge in [-0.1, -0.05) is 55.8 Å². The van der Waals surface area contributed by atoms with Gasteiger partial charge in [-0.3, -0.25) is 10.0 Å². The van der Waals surface area contributed by atoms with Gasteiger partial charge in [-0.2, -0.15) is 5.06 Å². The smallest absolute Gasteiger partial charge is 0.250 e. The summed E-state index contributed by atoms with van der Waals surface area (Å²) in [6.07, 6.45) is 5.61. The zero-order chi connectivity index (χ0) is 14.3. The Balaban J connectivity index is 2.45. The summed E-state index contributed by atoms with van der Waals surface area (Å²) in [4.78, 5) is 11.8. The summed E-state index contributed by atoms with van der Waals surface area (Å²) in [6, 6.07) is 4.58. The number of hydrogen-bond acceptors (Lipinski definition) is 2. The van der Waals surface area contributed by atoms with Gasteiger partial charge in [0.1, 0.15) is 0 Å². The first-order valence-electron chi connectivity index (χ1n) is 6.53. The van der Waals surface area contributed by atoms with Gasteiger partial charge in [0, 0.05) is 6.42 Å². The Morgan fingerprint density at radius 2 is 1.84 bits per heavy atom. The van der Waals surface area contributed by atoms with Crippen LogP contribution in [0.2, 0.25) is 10.0 Å². The second-order valence-corrected chi connectivity index (χ2v) is 5.28. The molecule has 1 aromatic rings. The molecule has 19 heavy (non-hydrogen) atoms. The van der Waals surface area contributed by atoms with Crippen LogP contribution in [0.1, 0.15) is 45.4 Å². The molecule has 1 amide bonds. The topological polar surface area (TPSA) is 40.5 Å². The molecule has 106 valence electrons. The van der Waals surface area contributed by atoms with E-state index in [0.717, 1.165) is 19.3 Å². The fourth-order valence-electron chi connectivity index (χ4n) is 1.75. The van der Waals surface area contributed by atoms with Crippen molar-refractivity contribution in [1.29, 1.82) is 0 Å². The lowest BCUT2D eigenvalue weighted by Crippen LogP contribution is -2.26. The number of benzene rings is 1. The molecule has 0 radical (unpaired) electrons. The van der Waals surface area contributed by atoms with Crippen LogP contribution in [-0.2, 0) is 4.79 Å². The molecule has 0 atom stereocenters. The lowest BCUT2D eigenvalue weighted by molar-refractivity contribution is -0.123. The lowest BCUT2D eigenvalue weighted by Gasteiger charge is -2.15. The summed E-state index contributed by atoms with van der Waals surface area (Å²) in [5.41, 5.74) is 0.341. The molecular weight excluding hydrogens is 285 g/mol. The lowest BCUT2D eigenvalue weighted by atomic mass is 10.1. The number of halogens is 2. The zero-order valence-corrected chi connectivity index (χ0v) is 12.5. The van der Waals surface area contributed by atoms with Crippen LogP contribution in [0.3, 0.4) is 0 Å². The van der Waals surface area contributed by atoms with E-state index in [1.807, 2.05) is 0 Å². The molecule has 1 rings (SSSR count). The van der Waals surface area contributed by atoms with Crippen molar-refractivity contribution in [3.63, 3.8) is 0 Å². The van der Waals surface area contributed by atoms with Gasteiger partial charge in [-0.05, 0) is 24.6 Å². The number of rotatable bonds is 7. The van der Waals surface area contributed by atoms with E-state index in [2.05, 4.69) is 6.92 Å². The minimum Gasteiger partial charge on any atom is -0.281 e. The highest BCUT2D eigenvalue weighted by atomic mass is 35.5. The van der Waals surface area contributed by atoms with Crippen LogP contribution in [0.4, 0.5) is 5.69 Å². The molecule has 0 aromatic heterocycles. The van der Waals surface area contributed by atoms with E-state index in [9.17, 15) is 10.0 Å². The van der Waals surface area contributed by atoms with Crippen LogP contribution >= 0.6 is 23.2 Å². The molecule has 0 spiro atoms. The Morgan fingerprint density at radius 1 is 1.16 bits per heavy atom. The number of carbonyl (C=O) groups is 1. The standard InChI is InChI=1S/C14H19Cl2NO2/c1-2-3-4-5-6-7-14(18)17(19)11-8-9-12(15)13(16)10-11/h8-10,19H,2-7H2,1H3. The first-order valence-corrected chi connectivity index (χ1v) is 7.28. The Hall–Kier alpha value is -0.770. The second kappa shape index (κ2) is 8.41. The van der Waals surface area contributed by atoms with Crippen LogP contribution in [0.15, 0.2) is 18.2 Å². The quantitative estimate of drug-likeness (QED) is 0.434. The average molecular weight is 304 g/mol. The third-order valence-electron chi connectivity index (χ3n) is 2.88. The number of unbranched alkanes of at least 4 members (excludes halogenated alkanes) is 4. The van der Waals surface area contributed by atoms with E-state index in [1.54, 1.807) is 12.1 Å². The number of amides is 1. The molecular formula is C14H19Cl2NO2. The highest BCUT2D eigenvalue weighted by molar-refractivity contribution is 6.42. The molecule has 0 unspecified atom stereocenters. The maximum Gasteiger partial charge on any atom is 0.250 e. The molecule has 0 bridgehead atoms. The maximum atomic E-state index is 11.8. The van der Waals surface area contributed by atoms with Crippen molar-refractivity contribution in [3.8, 4) is 0 Å². The van der Waals surface area contributed by atoms with Crippen LogP contribution in [-0.4, -0.2) is 11.1 Å². The van der Waals surface area contributed by atoms with Crippen molar-refractivity contribution in [2.75, 3.05) is 5.06 Å². The molecule has 5 heteroatoms. The Morgan fingerprint density at radius 3 is 2.47 bits per heavy atom. The van der Waals surface area contributed by atoms with Gasteiger partial charge in [0.15, 0.2) is 0 Å². The third kappa shape index (κ3) is 5.39. The van der Waals surface area contributed by atoms with E-state index in [1.165, 1.54) is 18.9 Å². The van der Waals surface area contributed by atoms with E-state index in [4.69, 9.17) is 23.2 Å². The van der Waals surface area contributed by atoms with Gasteiger partial charge >= 0.3 is 0 Å². The van der Waals surface area contributed by atoms with Gasteiger partial charge in [0.05, 0.1) is 15.7 Å². The summed E-state index contributed by atoms with van der Waals surface area (Å²) in [6.45, 7) is 2.14. The number of hydroxylamine groups is 1. The highest BCUT2D eigenvalue weighted by Crippen LogP contribution is 2.27. The Kier molecular flexibility index (Phi) is 7.21. The molecule has 0 saturated heterocycles. The first kappa shape index (κ1) is 16.3. The molecule has 1 N–H and O–H groups in total. The summed E-state index contributed by atoms with van der Waals surface area (Å²) < 4.78 is 0. The predicted octanol–water partition coefficient (Wildman–Crippen LogP) is 5.08. The number of carbonyl (C=O) groups excluding carboxylic acids is 1. The Bertz CT molecular complexity index is 424. The minimum atomic E-state index is -0.324. The van der Waals surface area contributed by atoms with Gasteiger partial charge in [0.2, 0.25) is 0 Å². The third-order valence-corrected chi connectivity index (χ3v) is 3.62. The minimum absolute atomic E-state index is 0.314. The monoisotopic (exact) mass is 303 g/mol. The van der Waals surface area contributed by atoms with Crippen LogP contribution in [0.5, 0.6) is 0 Å². The molecule has 0 aliphatic rings. The SMILES string of the molecule is CCCCCCCC(=O)N(O)c1ccc(Cl)c(Cl)c1. The molecule has 3 nitrogen and oxygen atoms in total. The number of hydrogen-bond donors (Lipinski definition) is 1. The van der Waals surface area contributed by atoms with Crippen molar-refractivity contribution in [1.82, 2.24) is 0 Å². The van der Waals surface area contributed by atoms with Crippen molar-refractivity contribution < 1.29 is 10.0 Å². The molecule has 0 fully saturated rings. The maximum absolute atomic E-state index is 11.8. The van der Waals surface area contributed by atoms with Gasteiger partial charge in [0.25, 0.3) is 5.91 Å². The molecule has 0 aliphatic carbocycles. The average Bonchev–Trinajstić information content (AvgIpc) is 2.40. The van der Waals surface area contributed by atoms with Gasteiger partial charge in [-0.15, -0.1) is 0 Å². The summed E-state index contributed by atoms with van der Waals surface area (Å²) in [7, 11) is 0. The van der Waals surface area contributed by atoms with E-state index in [0.29, 0.717) is 27.2 Å². The molecule has 0 saturated carbocycles. The van der Waals surface area contributed by atoms with E-state index >= 15 is 0 Å². The van der Waals surface area contributed by atoms with E-state index < -0.39 is 0 Å². The van der Waals surface area contributed by atoms with Crippen molar-refractivity contribution in [2.45, 2.75) is 45.4 Å². The highest BCUT2D eigenvalue weighted by Gasteiger charge is 2.13. The normalized spacial score (nSPS) is 10.5. The van der Waals surface area contributed by atoms with Crippen molar-refractivity contribution in [3.05, 3.63) is 28.2 Å². The van der Waals surface area contributed by atoms with E-state index in [-0.39, 0.29) is 5.91 Å². The Labute approximate surface area is 124 Å². The van der Waals surface area contributed by atoms with Crippen LogP contribution in [0.25, 0.3) is 0 Å². The fourth-order valence-corrected chi connectivity index (χ4v) is 2.04. The first-order chi connectivity index (χ1) is 9.06. The molecule has 1 aromatic carbocycles. The van der Waals surface area contributed by atoms with Gasteiger partial charge < -0.3 is 0 Å².